The summed E-state index contributed by atoms with van der Waals surface area (Å²) in [6.45, 7) is 9.91. The molecular weight excluding hydrogens is 338 g/mol. The zero-order valence-electron chi connectivity index (χ0n) is 17.1. The Morgan fingerprint density at radius 3 is 2.70 bits per heavy atom. The van der Waals surface area contributed by atoms with Crippen molar-refractivity contribution in [1.29, 1.82) is 0 Å². The topological polar surface area (TPSA) is 39.5 Å². The van der Waals surface area contributed by atoms with E-state index in [0.717, 1.165) is 38.5 Å². The maximum atomic E-state index is 5.81. The van der Waals surface area contributed by atoms with Gasteiger partial charge in [0.2, 0.25) is 0 Å². The molecule has 1 fully saturated rings. The number of aromatic nitrogens is 2. The Morgan fingerprint density at radius 2 is 2.07 bits per heavy atom. The molecule has 2 aromatic rings. The van der Waals surface area contributed by atoms with Crippen molar-refractivity contribution in [2.24, 2.45) is 0 Å². The number of rotatable bonds is 9. The monoisotopic (exact) mass is 371 g/mol. The van der Waals surface area contributed by atoms with E-state index < -0.39 is 0 Å². The standard InChI is InChI=1S/C22H33N3O2/c1-5-6-12-24(4)15-19-14-23-25(20-11-13-26-16-20)22(19)18-7-9-21(10-8-18)27-17(2)3/h7-10,14,17,20H,5-6,11-13,15-16H2,1-4H3. The summed E-state index contributed by atoms with van der Waals surface area (Å²) in [6.07, 6.45) is 5.67. The van der Waals surface area contributed by atoms with Crippen LogP contribution in [-0.4, -0.2) is 47.6 Å². The summed E-state index contributed by atoms with van der Waals surface area (Å²) in [5.74, 6) is 0.908. The van der Waals surface area contributed by atoms with E-state index in [1.54, 1.807) is 0 Å². The molecule has 0 bridgehead atoms. The van der Waals surface area contributed by atoms with Gasteiger partial charge in [0.1, 0.15) is 5.75 Å². The van der Waals surface area contributed by atoms with E-state index in [1.807, 2.05) is 20.0 Å². The second-order valence-corrected chi connectivity index (χ2v) is 7.76. The van der Waals surface area contributed by atoms with E-state index in [9.17, 15) is 0 Å². The lowest BCUT2D eigenvalue weighted by Gasteiger charge is -2.19. The summed E-state index contributed by atoms with van der Waals surface area (Å²) in [5, 5.41) is 4.76. The molecule has 1 aromatic heterocycles. The van der Waals surface area contributed by atoms with Gasteiger partial charge in [-0.05, 0) is 64.5 Å². The van der Waals surface area contributed by atoms with Gasteiger partial charge in [-0.15, -0.1) is 0 Å². The zero-order chi connectivity index (χ0) is 19.2. The fraction of sp³-hybridized carbons (Fsp3) is 0.591. The van der Waals surface area contributed by atoms with Gasteiger partial charge in [-0.1, -0.05) is 13.3 Å². The Hall–Kier alpha value is -1.85. The van der Waals surface area contributed by atoms with Crippen molar-refractivity contribution in [3.05, 3.63) is 36.0 Å². The SMILES string of the molecule is CCCCN(C)Cc1cnn(C2CCOC2)c1-c1ccc(OC(C)C)cc1. The lowest BCUT2D eigenvalue weighted by molar-refractivity contribution is 0.185. The molecule has 1 aliphatic heterocycles. The van der Waals surface area contributed by atoms with Crippen LogP contribution in [0, 0.1) is 0 Å². The molecule has 0 spiro atoms. The van der Waals surface area contributed by atoms with Crippen LogP contribution in [0.1, 0.15) is 51.6 Å². The first-order chi connectivity index (χ1) is 13.1. The summed E-state index contributed by atoms with van der Waals surface area (Å²) in [6, 6.07) is 8.74. The van der Waals surface area contributed by atoms with Crippen molar-refractivity contribution >= 4 is 0 Å². The molecule has 1 aromatic carbocycles. The Morgan fingerprint density at radius 1 is 1.30 bits per heavy atom. The molecule has 0 aliphatic carbocycles. The Kier molecular flexibility index (Phi) is 6.91. The van der Waals surface area contributed by atoms with Crippen LogP contribution < -0.4 is 4.74 Å². The van der Waals surface area contributed by atoms with Crippen molar-refractivity contribution in [2.75, 3.05) is 26.8 Å². The molecule has 0 radical (unpaired) electrons. The third kappa shape index (κ3) is 5.11. The quantitative estimate of drug-likeness (QED) is 0.649. The van der Waals surface area contributed by atoms with Gasteiger partial charge in [-0.2, -0.15) is 5.10 Å². The molecule has 0 amide bonds. The van der Waals surface area contributed by atoms with Crippen molar-refractivity contribution in [3.63, 3.8) is 0 Å². The molecule has 148 valence electrons. The molecule has 1 saturated heterocycles. The number of hydrogen-bond donors (Lipinski definition) is 0. The Bertz CT molecular complexity index is 703. The molecule has 1 atom stereocenters. The van der Waals surface area contributed by atoms with E-state index in [0.29, 0.717) is 6.04 Å². The number of ether oxygens (including phenoxy) is 2. The van der Waals surface area contributed by atoms with Crippen LogP contribution >= 0.6 is 0 Å². The normalized spacial score (nSPS) is 17.2. The first-order valence-electron chi connectivity index (χ1n) is 10.2. The minimum atomic E-state index is 0.180. The highest BCUT2D eigenvalue weighted by atomic mass is 16.5. The second-order valence-electron chi connectivity index (χ2n) is 7.76. The summed E-state index contributed by atoms with van der Waals surface area (Å²) < 4.78 is 13.6. The first kappa shape index (κ1) is 19.9. The lowest BCUT2D eigenvalue weighted by atomic mass is 10.1. The molecule has 5 heteroatoms. The van der Waals surface area contributed by atoms with Crippen molar-refractivity contribution in [3.8, 4) is 17.0 Å². The maximum Gasteiger partial charge on any atom is 0.119 e. The predicted molar refractivity (Wildman–Crippen MR) is 109 cm³/mol. The van der Waals surface area contributed by atoms with Gasteiger partial charge < -0.3 is 14.4 Å². The number of hydrogen-bond acceptors (Lipinski definition) is 4. The minimum absolute atomic E-state index is 0.180. The van der Waals surface area contributed by atoms with Crippen LogP contribution in [0.5, 0.6) is 5.75 Å². The zero-order valence-corrected chi connectivity index (χ0v) is 17.1. The summed E-state index contributed by atoms with van der Waals surface area (Å²) in [7, 11) is 2.19. The van der Waals surface area contributed by atoms with E-state index >= 15 is 0 Å². The van der Waals surface area contributed by atoms with E-state index in [1.165, 1.54) is 29.7 Å². The second kappa shape index (κ2) is 9.38. The van der Waals surface area contributed by atoms with E-state index in [-0.39, 0.29) is 6.10 Å². The third-order valence-corrected chi connectivity index (χ3v) is 4.96. The molecule has 3 rings (SSSR count). The molecule has 0 saturated carbocycles. The van der Waals surface area contributed by atoms with Crippen molar-refractivity contribution in [2.45, 2.75) is 58.7 Å². The van der Waals surface area contributed by atoms with Gasteiger partial charge in [0.05, 0.1) is 30.6 Å². The number of benzene rings is 1. The van der Waals surface area contributed by atoms with Gasteiger partial charge in [0.15, 0.2) is 0 Å². The van der Waals surface area contributed by atoms with Crippen LogP contribution in [0.4, 0.5) is 0 Å². The molecule has 1 unspecified atom stereocenters. The summed E-state index contributed by atoms with van der Waals surface area (Å²) in [4.78, 5) is 2.38. The van der Waals surface area contributed by atoms with Crippen molar-refractivity contribution < 1.29 is 9.47 Å². The van der Waals surface area contributed by atoms with Crippen LogP contribution in [0.15, 0.2) is 30.5 Å². The van der Waals surface area contributed by atoms with Crippen LogP contribution in [-0.2, 0) is 11.3 Å². The third-order valence-electron chi connectivity index (χ3n) is 4.96. The van der Waals surface area contributed by atoms with E-state index in [4.69, 9.17) is 14.6 Å². The maximum absolute atomic E-state index is 5.81. The highest BCUT2D eigenvalue weighted by Crippen LogP contribution is 2.31. The highest BCUT2D eigenvalue weighted by molar-refractivity contribution is 5.64. The molecule has 1 aliphatic rings. The molecule has 5 nitrogen and oxygen atoms in total. The van der Waals surface area contributed by atoms with Crippen LogP contribution in [0.25, 0.3) is 11.3 Å². The highest BCUT2D eigenvalue weighted by Gasteiger charge is 2.24. The molecular formula is C22H33N3O2. The van der Waals surface area contributed by atoms with Gasteiger partial charge >= 0.3 is 0 Å². The average Bonchev–Trinajstić information content (AvgIpc) is 3.30. The van der Waals surface area contributed by atoms with Gasteiger partial charge in [-0.25, -0.2) is 0 Å². The lowest BCUT2D eigenvalue weighted by Crippen LogP contribution is -2.19. The molecule has 2 heterocycles. The Balaban J connectivity index is 1.88. The number of unbranched alkanes of at least 4 members (excludes halogenated alkanes) is 1. The minimum Gasteiger partial charge on any atom is -0.491 e. The summed E-state index contributed by atoms with van der Waals surface area (Å²) >= 11 is 0. The van der Waals surface area contributed by atoms with Gasteiger partial charge in [-0.3, -0.25) is 4.68 Å². The van der Waals surface area contributed by atoms with Gasteiger partial charge in [0, 0.05) is 24.3 Å². The molecule has 0 N–H and O–H groups in total. The van der Waals surface area contributed by atoms with Gasteiger partial charge in [0.25, 0.3) is 0 Å². The Labute approximate surface area is 163 Å². The molecule has 27 heavy (non-hydrogen) atoms. The first-order valence-corrected chi connectivity index (χ1v) is 10.2. The van der Waals surface area contributed by atoms with Crippen LogP contribution in [0.3, 0.4) is 0 Å². The van der Waals surface area contributed by atoms with Crippen LogP contribution in [0.2, 0.25) is 0 Å². The average molecular weight is 372 g/mol. The fourth-order valence-electron chi connectivity index (χ4n) is 3.58. The van der Waals surface area contributed by atoms with E-state index in [2.05, 4.69) is 47.8 Å². The smallest absolute Gasteiger partial charge is 0.119 e. The predicted octanol–water partition coefficient (Wildman–Crippen LogP) is 4.53. The fourth-order valence-corrected chi connectivity index (χ4v) is 3.58. The van der Waals surface area contributed by atoms with Crippen molar-refractivity contribution in [1.82, 2.24) is 14.7 Å². The largest absolute Gasteiger partial charge is 0.491 e. The summed E-state index contributed by atoms with van der Waals surface area (Å²) in [5.41, 5.74) is 3.68. The number of nitrogens with zero attached hydrogens (tertiary/aromatic N) is 3.